The quantitative estimate of drug-likeness (QED) is 0.339. The van der Waals surface area contributed by atoms with Gasteiger partial charge in [0.15, 0.2) is 0 Å². The van der Waals surface area contributed by atoms with Gasteiger partial charge >= 0.3 is 0 Å². The van der Waals surface area contributed by atoms with Crippen molar-refractivity contribution in [3.8, 4) is 0 Å². The molecule has 8 heteroatoms. The van der Waals surface area contributed by atoms with Gasteiger partial charge in [0.1, 0.15) is 5.25 Å². The Morgan fingerprint density at radius 1 is 1.00 bits per heavy atom. The van der Waals surface area contributed by atoms with Gasteiger partial charge in [0.2, 0.25) is 0 Å². The van der Waals surface area contributed by atoms with Crippen molar-refractivity contribution in [1.82, 2.24) is 0 Å². The van der Waals surface area contributed by atoms with Crippen LogP contribution in [-0.2, 0) is 20.2 Å². The van der Waals surface area contributed by atoms with Crippen molar-refractivity contribution >= 4 is 20.2 Å². The summed E-state index contributed by atoms with van der Waals surface area (Å²) in [5.41, 5.74) is 0. The predicted molar refractivity (Wildman–Crippen MR) is 83.4 cm³/mol. The maximum Gasteiger partial charge on any atom is 0.269 e. The molecule has 0 bridgehead atoms. The molecule has 0 amide bonds. The Morgan fingerprint density at radius 3 is 2.05 bits per heavy atom. The lowest BCUT2D eigenvalue weighted by atomic mass is 10.1. The molecule has 21 heavy (non-hydrogen) atoms. The Balaban J connectivity index is 4.45. The first kappa shape index (κ1) is 20.6. The van der Waals surface area contributed by atoms with Gasteiger partial charge in [-0.25, -0.2) is 0 Å². The minimum Gasteiger partial charge on any atom is -0.286 e. The van der Waals surface area contributed by atoms with Crippen LogP contribution in [0.4, 0.5) is 0 Å². The van der Waals surface area contributed by atoms with E-state index in [-0.39, 0.29) is 0 Å². The van der Waals surface area contributed by atoms with E-state index in [4.69, 9.17) is 9.11 Å². The van der Waals surface area contributed by atoms with Crippen molar-refractivity contribution < 1.29 is 25.9 Å². The monoisotopic (exact) mass is 342 g/mol. The lowest BCUT2D eigenvalue weighted by molar-refractivity contribution is 0.444. The first-order valence-corrected chi connectivity index (χ1v) is 10.3. The van der Waals surface area contributed by atoms with Crippen molar-refractivity contribution in [2.24, 2.45) is 5.92 Å². The highest BCUT2D eigenvalue weighted by Gasteiger charge is 2.32. The second-order valence-corrected chi connectivity index (χ2v) is 8.42. The molecule has 0 aromatic rings. The second-order valence-electron chi connectivity index (χ2n) is 5.29. The molecule has 0 heterocycles. The van der Waals surface area contributed by atoms with Crippen molar-refractivity contribution in [2.75, 3.05) is 5.75 Å². The minimum atomic E-state index is -4.54. The Hall–Kier alpha value is -0.440. The second kappa shape index (κ2) is 9.55. The van der Waals surface area contributed by atoms with E-state index in [0.29, 0.717) is 0 Å². The normalized spacial score (nSPS) is 16.2. The molecule has 126 valence electrons. The zero-order valence-corrected chi connectivity index (χ0v) is 14.2. The first-order chi connectivity index (χ1) is 9.58. The third-order valence-electron chi connectivity index (χ3n) is 3.26. The molecule has 0 fully saturated rings. The van der Waals surface area contributed by atoms with Crippen LogP contribution in [0, 0.1) is 5.92 Å². The van der Waals surface area contributed by atoms with E-state index in [1.807, 2.05) is 0 Å². The molecule has 0 aromatic heterocycles. The van der Waals surface area contributed by atoms with E-state index >= 15 is 0 Å². The summed E-state index contributed by atoms with van der Waals surface area (Å²) < 4.78 is 61.9. The molecule has 0 saturated heterocycles. The van der Waals surface area contributed by atoms with Crippen LogP contribution in [0.5, 0.6) is 0 Å². The molecule has 0 aliphatic carbocycles. The van der Waals surface area contributed by atoms with E-state index < -0.39 is 37.2 Å². The largest absolute Gasteiger partial charge is 0.286 e. The first-order valence-electron chi connectivity index (χ1n) is 7.16. The minimum absolute atomic E-state index is 0.697. The van der Waals surface area contributed by atoms with Crippen LogP contribution in [0.1, 0.15) is 52.4 Å². The van der Waals surface area contributed by atoms with Crippen LogP contribution in [0.15, 0.2) is 12.2 Å². The topological polar surface area (TPSA) is 109 Å². The summed E-state index contributed by atoms with van der Waals surface area (Å²) in [6.07, 6.45) is 9.74. The van der Waals surface area contributed by atoms with Gasteiger partial charge in [-0.1, -0.05) is 51.7 Å². The van der Waals surface area contributed by atoms with Gasteiger partial charge < -0.3 is 0 Å². The zero-order valence-electron chi connectivity index (χ0n) is 12.6. The van der Waals surface area contributed by atoms with Crippen LogP contribution in [0.3, 0.4) is 0 Å². The van der Waals surface area contributed by atoms with E-state index in [1.165, 1.54) is 19.8 Å². The standard InChI is InChI=1S/C13H26O6S2/c1-3-4-5-6-7-8-9-10-12(2)13(21(17,18)19)11-20(14,15)16/h9-10,12-13H,3-8,11H2,1-2H3,(H,14,15,16)(H,17,18,19). The number of unbranched alkanes of at least 4 members (excludes halogenated alkanes) is 5. The molecule has 2 unspecified atom stereocenters. The molecule has 0 rings (SSSR count). The van der Waals surface area contributed by atoms with E-state index in [1.54, 1.807) is 12.2 Å². The van der Waals surface area contributed by atoms with Gasteiger partial charge in [-0.15, -0.1) is 0 Å². The summed E-state index contributed by atoms with van der Waals surface area (Å²) in [4.78, 5) is 0. The summed E-state index contributed by atoms with van der Waals surface area (Å²) >= 11 is 0. The molecule has 0 spiro atoms. The summed E-state index contributed by atoms with van der Waals surface area (Å²) in [6, 6.07) is 0. The molecule has 2 N–H and O–H groups in total. The van der Waals surface area contributed by atoms with Crippen molar-refractivity contribution in [2.45, 2.75) is 57.6 Å². The molecular formula is C13H26O6S2. The van der Waals surface area contributed by atoms with Gasteiger partial charge in [-0.05, 0) is 18.8 Å². The molecule has 0 saturated carbocycles. The Morgan fingerprint density at radius 2 is 1.57 bits per heavy atom. The van der Waals surface area contributed by atoms with E-state index in [2.05, 4.69) is 6.92 Å². The van der Waals surface area contributed by atoms with Crippen LogP contribution >= 0.6 is 0 Å². The van der Waals surface area contributed by atoms with Crippen molar-refractivity contribution in [1.29, 1.82) is 0 Å². The van der Waals surface area contributed by atoms with E-state index in [9.17, 15) is 16.8 Å². The molecule has 0 aliphatic rings. The Bertz CT molecular complexity index is 507. The number of rotatable bonds is 11. The number of hydrogen-bond acceptors (Lipinski definition) is 4. The van der Waals surface area contributed by atoms with Gasteiger partial charge in [0.25, 0.3) is 20.2 Å². The lowest BCUT2D eigenvalue weighted by Gasteiger charge is -2.16. The fraction of sp³-hybridized carbons (Fsp3) is 0.846. The van der Waals surface area contributed by atoms with Gasteiger partial charge in [0.05, 0.1) is 5.75 Å². The van der Waals surface area contributed by atoms with Crippen LogP contribution in [-0.4, -0.2) is 36.9 Å². The molecule has 0 aromatic carbocycles. The molecular weight excluding hydrogens is 316 g/mol. The Kier molecular flexibility index (Phi) is 9.35. The maximum absolute atomic E-state index is 11.2. The predicted octanol–water partition coefficient (Wildman–Crippen LogP) is 2.68. The summed E-state index contributed by atoms with van der Waals surface area (Å²) in [7, 11) is -9.01. The maximum atomic E-state index is 11.2. The van der Waals surface area contributed by atoms with Crippen LogP contribution in [0.2, 0.25) is 0 Å². The summed E-state index contributed by atoms with van der Waals surface area (Å²) in [6.45, 7) is 3.63. The van der Waals surface area contributed by atoms with Gasteiger partial charge in [-0.3, -0.25) is 9.11 Å². The average Bonchev–Trinajstić information content (AvgIpc) is 2.32. The third-order valence-corrected chi connectivity index (χ3v) is 5.61. The lowest BCUT2D eigenvalue weighted by Crippen LogP contribution is -2.34. The molecule has 2 atom stereocenters. The summed E-state index contributed by atoms with van der Waals surface area (Å²) in [5.74, 6) is -1.70. The molecule has 0 radical (unpaired) electrons. The fourth-order valence-electron chi connectivity index (χ4n) is 2.02. The highest BCUT2D eigenvalue weighted by atomic mass is 32.2. The van der Waals surface area contributed by atoms with Gasteiger partial charge in [-0.2, -0.15) is 16.8 Å². The highest BCUT2D eigenvalue weighted by Crippen LogP contribution is 2.16. The smallest absolute Gasteiger partial charge is 0.269 e. The van der Waals surface area contributed by atoms with Crippen LogP contribution in [0.25, 0.3) is 0 Å². The zero-order chi connectivity index (χ0) is 16.5. The average molecular weight is 342 g/mol. The fourth-order valence-corrected chi connectivity index (χ4v) is 4.57. The Labute approximate surface area is 128 Å². The number of allylic oxidation sites excluding steroid dienone is 2. The van der Waals surface area contributed by atoms with E-state index in [0.717, 1.165) is 25.7 Å². The summed E-state index contributed by atoms with van der Waals surface area (Å²) in [5, 5.41) is -1.55. The van der Waals surface area contributed by atoms with Crippen LogP contribution < -0.4 is 0 Å². The van der Waals surface area contributed by atoms with Gasteiger partial charge in [0, 0.05) is 0 Å². The highest BCUT2D eigenvalue weighted by molar-refractivity contribution is 7.90. The van der Waals surface area contributed by atoms with Crippen molar-refractivity contribution in [3.63, 3.8) is 0 Å². The molecule has 0 aliphatic heterocycles. The van der Waals surface area contributed by atoms with Crippen molar-refractivity contribution in [3.05, 3.63) is 12.2 Å². The number of hydrogen-bond donors (Lipinski definition) is 2. The molecule has 6 nitrogen and oxygen atoms in total. The third kappa shape index (κ3) is 10.9. The SMILES string of the molecule is CCCCCCCC=CC(C)C(CS(=O)(=O)O)S(=O)(=O)O.